The summed E-state index contributed by atoms with van der Waals surface area (Å²) in [5, 5.41) is 22.2. The lowest BCUT2D eigenvalue weighted by Gasteiger charge is -2.22. The Morgan fingerprint density at radius 1 is 0.745 bits per heavy atom. The number of nitrogens with one attached hydrogen (secondary N) is 5. The Morgan fingerprint density at radius 2 is 1.29 bits per heavy atom. The number of hydrogen-bond donors (Lipinski definition) is 8. The first-order valence-electron chi connectivity index (χ1n) is 17.2. The molecule has 0 bridgehead atoms. The monoisotopic (exact) mass is 731 g/mol. The first-order chi connectivity index (χ1) is 24.4. The van der Waals surface area contributed by atoms with Gasteiger partial charge in [0.1, 0.15) is 12.1 Å². The maximum atomic E-state index is 12.7. The number of carbonyl (C=O) groups is 6. The first-order valence-corrected chi connectivity index (χ1v) is 17.7. The Morgan fingerprint density at radius 3 is 1.84 bits per heavy atom. The molecule has 5 amide bonds. The van der Waals surface area contributed by atoms with Crippen LogP contribution >= 0.6 is 11.6 Å². The van der Waals surface area contributed by atoms with E-state index in [4.69, 9.17) is 23.1 Å². The van der Waals surface area contributed by atoms with E-state index >= 15 is 0 Å². The van der Waals surface area contributed by atoms with Crippen LogP contribution in [0.1, 0.15) is 68.8 Å². The van der Waals surface area contributed by atoms with Crippen molar-refractivity contribution in [3.8, 4) is 11.1 Å². The van der Waals surface area contributed by atoms with E-state index in [-0.39, 0.29) is 18.8 Å². The van der Waals surface area contributed by atoms with E-state index in [1.54, 1.807) is 12.1 Å². The van der Waals surface area contributed by atoms with Crippen molar-refractivity contribution in [1.82, 2.24) is 26.6 Å². The summed E-state index contributed by atoms with van der Waals surface area (Å²) < 4.78 is 0. The van der Waals surface area contributed by atoms with Crippen molar-refractivity contribution in [1.29, 1.82) is 0 Å². The second kappa shape index (κ2) is 25.6. The Hall–Kier alpha value is -4.37. The van der Waals surface area contributed by atoms with Crippen molar-refractivity contribution in [3.05, 3.63) is 59.7 Å². The third kappa shape index (κ3) is 17.9. The van der Waals surface area contributed by atoms with E-state index in [1.807, 2.05) is 31.2 Å². The molecule has 51 heavy (non-hydrogen) atoms. The molecular formula is C36H54ClN7O7. The molecule has 0 spiro atoms. The minimum atomic E-state index is -1.43. The van der Waals surface area contributed by atoms with E-state index in [2.05, 4.69) is 45.6 Å². The molecule has 2 aromatic carbocycles. The SMILES string of the molecule is CCCCc1ccc(-c2ccc(C(=O)NCC(=O)NC(C(=O)NCC(=O)NC(CCCCN)C(=O)NCC(=O)CCl)C(C)O)cc2)cc1.CCN. The van der Waals surface area contributed by atoms with E-state index in [0.717, 1.165) is 36.9 Å². The molecule has 0 aliphatic rings. The van der Waals surface area contributed by atoms with Crippen LogP contribution in [0, 0.1) is 0 Å². The van der Waals surface area contributed by atoms with Gasteiger partial charge in [-0.15, -0.1) is 11.6 Å². The largest absolute Gasteiger partial charge is 0.391 e. The number of nitrogens with two attached hydrogens (primary N) is 2. The van der Waals surface area contributed by atoms with Gasteiger partial charge in [0.2, 0.25) is 23.6 Å². The number of ketones is 1. The Bertz CT molecular complexity index is 1390. The van der Waals surface area contributed by atoms with Crippen LogP contribution in [-0.4, -0.2) is 97.2 Å². The zero-order valence-corrected chi connectivity index (χ0v) is 30.5. The van der Waals surface area contributed by atoms with Crippen molar-refractivity contribution >= 4 is 46.9 Å². The maximum Gasteiger partial charge on any atom is 0.251 e. The molecule has 3 atom stereocenters. The molecule has 10 N–H and O–H groups in total. The highest BCUT2D eigenvalue weighted by atomic mass is 35.5. The number of aryl methyl sites for hydroxylation is 1. The molecule has 2 aromatic rings. The van der Waals surface area contributed by atoms with Gasteiger partial charge in [0.25, 0.3) is 5.91 Å². The second-order valence-electron chi connectivity index (χ2n) is 11.8. The molecular weight excluding hydrogens is 678 g/mol. The summed E-state index contributed by atoms with van der Waals surface area (Å²) in [4.78, 5) is 74.5. The summed E-state index contributed by atoms with van der Waals surface area (Å²) in [5.41, 5.74) is 13.9. The average molecular weight is 732 g/mol. The third-order valence-corrected chi connectivity index (χ3v) is 7.67. The highest BCUT2D eigenvalue weighted by Gasteiger charge is 2.27. The van der Waals surface area contributed by atoms with Crippen molar-refractivity contribution in [2.24, 2.45) is 11.5 Å². The molecule has 0 fully saturated rings. The lowest BCUT2D eigenvalue weighted by atomic mass is 10.0. The van der Waals surface area contributed by atoms with E-state index < -0.39 is 66.6 Å². The molecule has 2 rings (SSSR count). The number of Topliss-reactive ketones (excluding diaryl/α,β-unsaturated/α-hetero) is 1. The van der Waals surface area contributed by atoms with E-state index in [9.17, 15) is 33.9 Å². The van der Waals surface area contributed by atoms with Gasteiger partial charge in [-0.2, -0.15) is 0 Å². The van der Waals surface area contributed by atoms with Crippen LogP contribution in [-0.2, 0) is 30.4 Å². The number of amides is 5. The molecule has 0 aliphatic heterocycles. The normalized spacial score (nSPS) is 12.2. The Kier molecular flexibility index (Phi) is 22.4. The van der Waals surface area contributed by atoms with Crippen LogP contribution in [0.3, 0.4) is 0 Å². The van der Waals surface area contributed by atoms with Crippen LogP contribution in [0.5, 0.6) is 0 Å². The van der Waals surface area contributed by atoms with Gasteiger partial charge in [-0.25, -0.2) is 0 Å². The predicted octanol–water partition coefficient (Wildman–Crippen LogP) is 0.911. The van der Waals surface area contributed by atoms with Crippen LogP contribution < -0.4 is 38.1 Å². The number of aliphatic hydroxyl groups is 1. The number of aliphatic hydroxyl groups excluding tert-OH is 1. The minimum absolute atomic E-state index is 0.243. The molecule has 0 aromatic heterocycles. The number of carbonyl (C=O) groups excluding carboxylic acids is 6. The Balaban J connectivity index is 0.00000418. The Labute approximate surface area is 305 Å². The van der Waals surface area contributed by atoms with Gasteiger partial charge in [0.05, 0.1) is 31.6 Å². The molecule has 3 unspecified atom stereocenters. The lowest BCUT2D eigenvalue weighted by Crippen LogP contribution is -2.56. The zero-order valence-electron chi connectivity index (χ0n) is 29.8. The summed E-state index contributed by atoms with van der Waals surface area (Å²) >= 11 is 5.46. The molecule has 0 saturated heterocycles. The summed E-state index contributed by atoms with van der Waals surface area (Å²) in [6.45, 7) is 5.16. The van der Waals surface area contributed by atoms with Gasteiger partial charge in [-0.1, -0.05) is 56.7 Å². The topological polar surface area (TPSA) is 235 Å². The fourth-order valence-corrected chi connectivity index (χ4v) is 4.69. The quantitative estimate of drug-likeness (QED) is 0.0672. The van der Waals surface area contributed by atoms with Gasteiger partial charge >= 0.3 is 0 Å². The number of halogens is 1. The fraction of sp³-hybridized carbons (Fsp3) is 0.500. The maximum absolute atomic E-state index is 12.7. The summed E-state index contributed by atoms with van der Waals surface area (Å²) in [6.07, 6.45) is 3.33. The van der Waals surface area contributed by atoms with Crippen molar-refractivity contribution in [2.75, 3.05) is 38.6 Å². The number of unbranched alkanes of at least 4 members (excludes halogenated alkanes) is 2. The molecule has 15 heteroatoms. The third-order valence-electron chi connectivity index (χ3n) is 7.37. The van der Waals surface area contributed by atoms with Crippen molar-refractivity contribution in [2.45, 2.75) is 77.5 Å². The van der Waals surface area contributed by atoms with Crippen LogP contribution in [0.15, 0.2) is 48.5 Å². The zero-order chi connectivity index (χ0) is 38.2. The fourth-order valence-electron chi connectivity index (χ4n) is 4.59. The first kappa shape index (κ1) is 44.7. The van der Waals surface area contributed by atoms with Gasteiger partial charge in [0.15, 0.2) is 5.78 Å². The molecule has 14 nitrogen and oxygen atoms in total. The summed E-state index contributed by atoms with van der Waals surface area (Å²) in [7, 11) is 0. The van der Waals surface area contributed by atoms with E-state index in [1.165, 1.54) is 12.5 Å². The van der Waals surface area contributed by atoms with E-state index in [0.29, 0.717) is 24.9 Å². The standard InChI is InChI=1S/C34H47ClN6O7.C2H7N/c1-3-4-7-23-9-11-24(12-10-23)25-13-15-26(16-14-25)32(46)38-21-30(45)41-31(22(2)42)34(48)39-20-29(44)40-28(8-5-6-17-36)33(47)37-19-27(43)18-35;1-2-3/h9-16,22,28,31,42H,3-8,17-21,36H2,1-2H3,(H,37,47)(H,38,46)(H,39,48)(H,40,44)(H,41,45);2-3H2,1H3. The predicted molar refractivity (Wildman–Crippen MR) is 198 cm³/mol. The molecule has 0 aliphatic carbocycles. The second-order valence-corrected chi connectivity index (χ2v) is 12.0. The van der Waals surface area contributed by atoms with Gasteiger partial charge in [0, 0.05) is 5.56 Å². The number of benzene rings is 2. The summed E-state index contributed by atoms with van der Waals surface area (Å²) in [5.74, 6) is -4.07. The molecule has 282 valence electrons. The minimum Gasteiger partial charge on any atom is -0.391 e. The molecule has 0 saturated carbocycles. The number of hydrogen-bond acceptors (Lipinski definition) is 9. The van der Waals surface area contributed by atoms with Gasteiger partial charge in [-0.05, 0) is 80.9 Å². The molecule has 0 radical (unpaired) electrons. The van der Waals surface area contributed by atoms with Crippen LogP contribution in [0.25, 0.3) is 11.1 Å². The van der Waals surface area contributed by atoms with Gasteiger partial charge < -0.3 is 43.2 Å². The molecule has 0 heterocycles. The van der Waals surface area contributed by atoms with Crippen molar-refractivity contribution in [3.63, 3.8) is 0 Å². The highest BCUT2D eigenvalue weighted by molar-refractivity contribution is 6.28. The highest BCUT2D eigenvalue weighted by Crippen LogP contribution is 2.21. The summed E-state index contributed by atoms with van der Waals surface area (Å²) in [6, 6.07) is 12.8. The van der Waals surface area contributed by atoms with Crippen LogP contribution in [0.4, 0.5) is 0 Å². The smallest absolute Gasteiger partial charge is 0.251 e. The number of rotatable bonds is 21. The number of alkyl halides is 1. The van der Waals surface area contributed by atoms with Crippen molar-refractivity contribution < 1.29 is 33.9 Å². The van der Waals surface area contributed by atoms with Gasteiger partial charge in [-0.3, -0.25) is 28.8 Å². The lowest BCUT2D eigenvalue weighted by molar-refractivity contribution is -0.133. The average Bonchev–Trinajstić information content (AvgIpc) is 3.13. The van der Waals surface area contributed by atoms with Crippen LogP contribution in [0.2, 0.25) is 0 Å².